The van der Waals surface area contributed by atoms with Crippen LogP contribution >= 0.6 is 22.7 Å². The van der Waals surface area contributed by atoms with Crippen molar-refractivity contribution in [3.8, 4) is 0 Å². The summed E-state index contributed by atoms with van der Waals surface area (Å²) in [5.74, 6) is 0. The van der Waals surface area contributed by atoms with Crippen molar-refractivity contribution >= 4 is 53.2 Å². The second-order valence-electron chi connectivity index (χ2n) is 6.03. The molecule has 2 aromatic heterocycles. The maximum Gasteiger partial charge on any atom is 0.294 e. The van der Waals surface area contributed by atoms with Gasteiger partial charge in [-0.25, -0.2) is 0 Å². The standard InChI is InChI=1S/C18H18N4O3S3/c1-3-21-13-7-5-6-8-15(13)26-17(21)19-20-18-22(4-2)14-10-9-12(28(23,24)25)11-16(14)27-18/h5-11H,3-4H2,1-2H3,(H,23,24,25). The van der Waals surface area contributed by atoms with Crippen LogP contribution < -0.4 is 9.60 Å². The minimum Gasteiger partial charge on any atom is -0.315 e. The average molecular weight is 435 g/mol. The number of benzene rings is 2. The molecule has 2 heterocycles. The molecule has 0 unspecified atom stereocenters. The van der Waals surface area contributed by atoms with E-state index in [1.807, 2.05) is 23.6 Å². The van der Waals surface area contributed by atoms with Gasteiger partial charge in [-0.05, 0) is 44.2 Å². The molecule has 146 valence electrons. The summed E-state index contributed by atoms with van der Waals surface area (Å²) in [7, 11) is -4.24. The average Bonchev–Trinajstić information content (AvgIpc) is 3.21. The van der Waals surface area contributed by atoms with Crippen LogP contribution in [-0.4, -0.2) is 22.1 Å². The van der Waals surface area contributed by atoms with Crippen LogP contribution in [0.3, 0.4) is 0 Å². The molecule has 4 rings (SSSR count). The molecule has 28 heavy (non-hydrogen) atoms. The molecule has 0 saturated heterocycles. The summed E-state index contributed by atoms with van der Waals surface area (Å²) in [6.07, 6.45) is 0. The third-order valence-electron chi connectivity index (χ3n) is 4.39. The third kappa shape index (κ3) is 3.32. The summed E-state index contributed by atoms with van der Waals surface area (Å²) in [6.45, 7) is 5.52. The SMILES string of the molecule is CCn1c(=NN=c2sc3cc(S(=O)(=O)O)ccc3n2CC)sc2ccccc21. The molecule has 0 atom stereocenters. The first-order valence-electron chi connectivity index (χ1n) is 8.69. The molecule has 0 amide bonds. The molecule has 7 nitrogen and oxygen atoms in total. The lowest BCUT2D eigenvalue weighted by Crippen LogP contribution is -2.16. The van der Waals surface area contributed by atoms with Gasteiger partial charge < -0.3 is 9.13 Å². The summed E-state index contributed by atoms with van der Waals surface area (Å²) < 4.78 is 38.1. The van der Waals surface area contributed by atoms with Gasteiger partial charge >= 0.3 is 0 Å². The lowest BCUT2D eigenvalue weighted by molar-refractivity contribution is 0.483. The molecule has 0 bridgehead atoms. The highest BCUT2D eigenvalue weighted by Crippen LogP contribution is 2.22. The van der Waals surface area contributed by atoms with Crippen molar-refractivity contribution in [2.24, 2.45) is 10.2 Å². The fourth-order valence-corrected chi connectivity index (χ4v) is 5.80. The van der Waals surface area contributed by atoms with E-state index in [0.29, 0.717) is 11.3 Å². The second kappa shape index (κ2) is 7.28. The number of aryl methyl sites for hydroxylation is 2. The van der Waals surface area contributed by atoms with Gasteiger partial charge in [0.1, 0.15) is 0 Å². The molecule has 0 fully saturated rings. The smallest absolute Gasteiger partial charge is 0.294 e. The fourth-order valence-electron chi connectivity index (χ4n) is 3.08. The van der Waals surface area contributed by atoms with Crippen LogP contribution in [-0.2, 0) is 23.2 Å². The highest BCUT2D eigenvalue weighted by Gasteiger charge is 2.13. The van der Waals surface area contributed by atoms with Crippen molar-refractivity contribution in [2.45, 2.75) is 31.8 Å². The Hall–Kier alpha value is -2.27. The molecule has 4 aromatic rings. The van der Waals surface area contributed by atoms with Crippen LogP contribution in [0.25, 0.3) is 20.4 Å². The number of aromatic nitrogens is 2. The molecule has 2 aromatic carbocycles. The topological polar surface area (TPSA) is 88.9 Å². The molecule has 0 saturated carbocycles. The number of fused-ring (bicyclic) bond motifs is 2. The van der Waals surface area contributed by atoms with Crippen molar-refractivity contribution in [1.82, 2.24) is 9.13 Å². The van der Waals surface area contributed by atoms with Gasteiger partial charge in [0.15, 0.2) is 0 Å². The summed E-state index contributed by atoms with van der Waals surface area (Å²) in [5, 5.41) is 8.95. The maximum atomic E-state index is 11.4. The number of rotatable bonds is 4. The Morgan fingerprint density at radius 2 is 1.46 bits per heavy atom. The number of hydrogen-bond donors (Lipinski definition) is 1. The molecule has 0 spiro atoms. The summed E-state index contributed by atoms with van der Waals surface area (Å²) in [5.41, 5.74) is 1.98. The van der Waals surface area contributed by atoms with Crippen molar-refractivity contribution in [1.29, 1.82) is 0 Å². The lowest BCUT2D eigenvalue weighted by atomic mass is 10.3. The molecule has 0 aliphatic carbocycles. The predicted molar refractivity (Wildman–Crippen MR) is 112 cm³/mol. The van der Waals surface area contributed by atoms with Crippen LogP contribution in [0.4, 0.5) is 0 Å². The fraction of sp³-hybridized carbons (Fsp3) is 0.222. The quantitative estimate of drug-likeness (QED) is 0.394. The van der Waals surface area contributed by atoms with E-state index in [9.17, 15) is 13.0 Å². The van der Waals surface area contributed by atoms with E-state index in [4.69, 9.17) is 0 Å². The first-order valence-corrected chi connectivity index (χ1v) is 11.8. The van der Waals surface area contributed by atoms with E-state index >= 15 is 0 Å². The zero-order chi connectivity index (χ0) is 19.9. The number of nitrogens with zero attached hydrogens (tertiary/aromatic N) is 4. The minimum absolute atomic E-state index is 0.124. The summed E-state index contributed by atoms with van der Waals surface area (Å²) >= 11 is 2.92. The minimum atomic E-state index is -4.24. The zero-order valence-electron chi connectivity index (χ0n) is 15.2. The van der Waals surface area contributed by atoms with Crippen molar-refractivity contribution in [3.05, 3.63) is 52.1 Å². The van der Waals surface area contributed by atoms with E-state index in [0.717, 1.165) is 31.8 Å². The van der Waals surface area contributed by atoms with Gasteiger partial charge in [0.2, 0.25) is 9.60 Å². The van der Waals surface area contributed by atoms with Crippen LogP contribution in [0.15, 0.2) is 57.6 Å². The Morgan fingerprint density at radius 3 is 2.07 bits per heavy atom. The van der Waals surface area contributed by atoms with Gasteiger partial charge in [0.05, 0.1) is 25.3 Å². The van der Waals surface area contributed by atoms with Gasteiger partial charge in [0.25, 0.3) is 10.1 Å². The zero-order valence-corrected chi connectivity index (χ0v) is 17.7. The van der Waals surface area contributed by atoms with E-state index in [-0.39, 0.29) is 4.90 Å². The first kappa shape index (κ1) is 19.1. The molecule has 1 N–H and O–H groups in total. The van der Waals surface area contributed by atoms with Crippen LogP contribution in [0, 0.1) is 0 Å². The van der Waals surface area contributed by atoms with Crippen LogP contribution in [0.5, 0.6) is 0 Å². The monoisotopic (exact) mass is 434 g/mol. The van der Waals surface area contributed by atoms with E-state index in [2.05, 4.69) is 33.8 Å². The molecule has 0 radical (unpaired) electrons. The van der Waals surface area contributed by atoms with Crippen molar-refractivity contribution < 1.29 is 13.0 Å². The Labute approximate surface area is 169 Å². The highest BCUT2D eigenvalue weighted by molar-refractivity contribution is 7.85. The molecule has 10 heteroatoms. The summed E-state index contributed by atoms with van der Waals surface area (Å²) in [6, 6.07) is 12.7. The third-order valence-corrected chi connectivity index (χ3v) is 7.32. The Balaban J connectivity index is 1.94. The Morgan fingerprint density at radius 1 is 0.893 bits per heavy atom. The molecular weight excluding hydrogens is 416 g/mol. The Bertz CT molecular complexity index is 1420. The number of para-hydroxylation sites is 1. The highest BCUT2D eigenvalue weighted by atomic mass is 32.2. The van der Waals surface area contributed by atoms with E-state index in [1.165, 1.54) is 23.5 Å². The lowest BCUT2D eigenvalue weighted by Gasteiger charge is -2.01. The van der Waals surface area contributed by atoms with Gasteiger partial charge in [0, 0.05) is 13.1 Å². The van der Waals surface area contributed by atoms with Crippen LogP contribution in [0.1, 0.15) is 13.8 Å². The Kier molecular flexibility index (Phi) is 4.96. The molecule has 0 aliphatic heterocycles. The molecular formula is C18H18N4O3S3. The summed E-state index contributed by atoms with van der Waals surface area (Å²) in [4.78, 5) is 1.36. The molecule has 0 aliphatic rings. The van der Waals surface area contributed by atoms with Gasteiger partial charge in [-0.3, -0.25) is 4.55 Å². The number of hydrogen-bond acceptors (Lipinski definition) is 6. The first-order chi connectivity index (χ1) is 13.4. The van der Waals surface area contributed by atoms with Gasteiger partial charge in [-0.2, -0.15) is 8.42 Å². The normalized spacial score (nSPS) is 13.8. The van der Waals surface area contributed by atoms with Crippen LogP contribution in [0.2, 0.25) is 0 Å². The largest absolute Gasteiger partial charge is 0.315 e. The van der Waals surface area contributed by atoms with E-state index in [1.54, 1.807) is 17.4 Å². The van der Waals surface area contributed by atoms with Gasteiger partial charge in [-0.1, -0.05) is 34.8 Å². The predicted octanol–water partition coefficient (Wildman–Crippen LogP) is 3.42. The maximum absolute atomic E-state index is 11.4. The van der Waals surface area contributed by atoms with Gasteiger partial charge in [-0.15, -0.1) is 10.2 Å². The second-order valence-corrected chi connectivity index (χ2v) is 9.47. The van der Waals surface area contributed by atoms with Crippen molar-refractivity contribution in [3.63, 3.8) is 0 Å². The van der Waals surface area contributed by atoms with E-state index < -0.39 is 10.1 Å². The number of thiazole rings is 2. The van der Waals surface area contributed by atoms with Crippen molar-refractivity contribution in [2.75, 3.05) is 0 Å².